The SMILES string of the molecule is c1ccc(-n2c3ccccc3c3cc4ccc5c6cc(-c7ccc8[nH]c9cc%10c(ccc%11c%12ccccc%12sc%10%11)cc9c8c7)ccc6sc5c4cc32)cc1. The predicted molar refractivity (Wildman–Crippen MR) is 236 cm³/mol. The molecule has 54 heavy (non-hydrogen) atoms. The molecule has 9 aromatic carbocycles. The Balaban J connectivity index is 0.977. The molecule has 4 heteroatoms. The second-order valence-electron chi connectivity index (χ2n) is 14.6. The first-order valence-corrected chi connectivity index (χ1v) is 20.0. The lowest BCUT2D eigenvalue weighted by molar-refractivity contribution is 1.18. The average molecular weight is 721 g/mol. The number of para-hydroxylation sites is 2. The van der Waals surface area contributed by atoms with Crippen molar-refractivity contribution in [2.45, 2.75) is 0 Å². The third-order valence-corrected chi connectivity index (χ3v) is 14.1. The molecule has 0 bridgehead atoms. The van der Waals surface area contributed by atoms with Gasteiger partial charge in [0, 0.05) is 89.4 Å². The van der Waals surface area contributed by atoms with Gasteiger partial charge >= 0.3 is 0 Å². The highest BCUT2D eigenvalue weighted by Gasteiger charge is 2.17. The molecular weight excluding hydrogens is 693 g/mol. The summed E-state index contributed by atoms with van der Waals surface area (Å²) in [4.78, 5) is 3.75. The number of benzene rings is 9. The summed E-state index contributed by atoms with van der Waals surface area (Å²) >= 11 is 3.80. The van der Waals surface area contributed by atoms with Crippen LogP contribution >= 0.6 is 22.7 Å². The molecule has 4 aromatic heterocycles. The number of hydrogen-bond donors (Lipinski definition) is 1. The van der Waals surface area contributed by atoms with Crippen LogP contribution in [0.4, 0.5) is 0 Å². The number of thiophene rings is 2. The number of nitrogens with zero attached hydrogens (tertiary/aromatic N) is 1. The van der Waals surface area contributed by atoms with Crippen molar-refractivity contribution in [1.82, 2.24) is 9.55 Å². The maximum absolute atomic E-state index is 3.75. The van der Waals surface area contributed by atoms with Crippen molar-refractivity contribution < 1.29 is 0 Å². The number of fused-ring (bicyclic) bond motifs is 16. The number of H-pyrrole nitrogens is 1. The summed E-state index contributed by atoms with van der Waals surface area (Å²) in [6.45, 7) is 0. The van der Waals surface area contributed by atoms with Crippen LogP contribution in [0.25, 0.3) is 122 Å². The summed E-state index contributed by atoms with van der Waals surface area (Å²) in [6, 6.07) is 61.0. The monoisotopic (exact) mass is 720 g/mol. The highest BCUT2D eigenvalue weighted by atomic mass is 32.1. The molecular formula is C50H28N2S2. The van der Waals surface area contributed by atoms with E-state index in [0.29, 0.717) is 0 Å². The molecule has 0 amide bonds. The van der Waals surface area contributed by atoms with E-state index in [4.69, 9.17) is 0 Å². The molecule has 0 saturated carbocycles. The molecule has 2 nitrogen and oxygen atoms in total. The van der Waals surface area contributed by atoms with E-state index in [2.05, 4.69) is 173 Å². The fourth-order valence-corrected chi connectivity index (χ4v) is 11.6. The summed E-state index contributed by atoms with van der Waals surface area (Å²) in [6.07, 6.45) is 0. The average Bonchev–Trinajstić information content (AvgIpc) is 3.98. The minimum Gasteiger partial charge on any atom is -0.354 e. The minimum atomic E-state index is 1.17. The largest absolute Gasteiger partial charge is 0.354 e. The predicted octanol–water partition coefficient (Wildman–Crippen LogP) is 15.1. The molecule has 0 unspecified atom stereocenters. The Morgan fingerprint density at radius 1 is 0.352 bits per heavy atom. The van der Waals surface area contributed by atoms with Crippen LogP contribution in [0.1, 0.15) is 0 Å². The van der Waals surface area contributed by atoms with Crippen LogP contribution in [0.15, 0.2) is 164 Å². The van der Waals surface area contributed by atoms with Crippen molar-refractivity contribution in [2.75, 3.05) is 0 Å². The summed E-state index contributed by atoms with van der Waals surface area (Å²) < 4.78 is 7.79. The summed E-state index contributed by atoms with van der Waals surface area (Å²) in [5.74, 6) is 0. The maximum atomic E-state index is 3.75. The van der Waals surface area contributed by atoms with Crippen LogP contribution in [0.5, 0.6) is 0 Å². The molecule has 0 aliphatic carbocycles. The molecule has 0 fully saturated rings. The van der Waals surface area contributed by atoms with Gasteiger partial charge in [0.2, 0.25) is 0 Å². The number of hydrogen-bond acceptors (Lipinski definition) is 2. The molecule has 0 atom stereocenters. The van der Waals surface area contributed by atoms with Gasteiger partial charge in [0.1, 0.15) is 0 Å². The lowest BCUT2D eigenvalue weighted by atomic mass is 9.99. The van der Waals surface area contributed by atoms with E-state index in [0.717, 1.165) is 0 Å². The van der Waals surface area contributed by atoms with Gasteiger partial charge in [0.15, 0.2) is 0 Å². The van der Waals surface area contributed by atoms with Gasteiger partial charge in [0.25, 0.3) is 0 Å². The molecule has 13 rings (SSSR count). The number of nitrogens with one attached hydrogen (secondary N) is 1. The van der Waals surface area contributed by atoms with Crippen molar-refractivity contribution in [3.05, 3.63) is 164 Å². The first kappa shape index (κ1) is 29.0. The number of rotatable bonds is 2. The van der Waals surface area contributed by atoms with E-state index in [1.54, 1.807) is 0 Å². The fraction of sp³-hybridized carbons (Fsp3) is 0. The molecule has 0 radical (unpaired) electrons. The first-order chi connectivity index (χ1) is 26.7. The van der Waals surface area contributed by atoms with E-state index in [1.165, 1.54) is 122 Å². The van der Waals surface area contributed by atoms with Crippen LogP contribution in [-0.2, 0) is 0 Å². The van der Waals surface area contributed by atoms with Gasteiger partial charge in [-0.2, -0.15) is 0 Å². The van der Waals surface area contributed by atoms with E-state index in [1.807, 2.05) is 22.7 Å². The Morgan fingerprint density at radius 3 is 1.81 bits per heavy atom. The van der Waals surface area contributed by atoms with E-state index in [9.17, 15) is 0 Å². The molecule has 0 saturated heterocycles. The van der Waals surface area contributed by atoms with Gasteiger partial charge in [-0.05, 0) is 94.7 Å². The van der Waals surface area contributed by atoms with Crippen molar-refractivity contribution in [3.63, 3.8) is 0 Å². The fourth-order valence-electron chi connectivity index (χ4n) is 9.14. The van der Waals surface area contributed by atoms with Crippen LogP contribution in [0.3, 0.4) is 0 Å². The van der Waals surface area contributed by atoms with Crippen molar-refractivity contribution in [3.8, 4) is 16.8 Å². The van der Waals surface area contributed by atoms with Crippen LogP contribution in [0.2, 0.25) is 0 Å². The Morgan fingerprint density at radius 2 is 0.981 bits per heavy atom. The van der Waals surface area contributed by atoms with E-state index in [-0.39, 0.29) is 0 Å². The van der Waals surface area contributed by atoms with Crippen molar-refractivity contribution >= 4 is 128 Å². The minimum absolute atomic E-state index is 1.17. The van der Waals surface area contributed by atoms with Gasteiger partial charge in [-0.15, -0.1) is 22.7 Å². The zero-order valence-electron chi connectivity index (χ0n) is 28.9. The molecule has 0 aliphatic heterocycles. The van der Waals surface area contributed by atoms with Gasteiger partial charge in [0.05, 0.1) is 11.0 Å². The molecule has 250 valence electrons. The first-order valence-electron chi connectivity index (χ1n) is 18.4. The van der Waals surface area contributed by atoms with Gasteiger partial charge in [-0.3, -0.25) is 0 Å². The standard InChI is InChI=1S/C50H28N2S2/c1-2-8-32(9-3-1)52-45-12-6-4-10-33(45)41-25-31-15-19-36-42-23-29(17-21-48(42)54-50(36)38(31)27-46(41)52)28-16-20-43-39(22-28)40-24-30-14-18-35-34-11-5-7-13-47(34)53-49(35)37(30)26-44(40)51-43/h1-27,51H. The Labute approximate surface area is 316 Å². The highest BCUT2D eigenvalue weighted by Crippen LogP contribution is 2.44. The quantitative estimate of drug-likeness (QED) is 0.184. The molecule has 0 aliphatic rings. The third-order valence-electron chi connectivity index (χ3n) is 11.7. The summed E-state index contributed by atoms with van der Waals surface area (Å²) in [7, 11) is 0. The lowest BCUT2D eigenvalue weighted by Crippen LogP contribution is -1.92. The van der Waals surface area contributed by atoms with Gasteiger partial charge in [-0.25, -0.2) is 0 Å². The normalized spacial score (nSPS) is 12.4. The lowest BCUT2D eigenvalue weighted by Gasteiger charge is -2.08. The topological polar surface area (TPSA) is 20.7 Å². The third kappa shape index (κ3) is 3.93. The molecule has 0 spiro atoms. The summed E-state index contributed by atoms with van der Waals surface area (Å²) in [5, 5.41) is 15.6. The Kier molecular flexibility index (Phi) is 5.69. The molecule has 4 heterocycles. The van der Waals surface area contributed by atoms with E-state index < -0.39 is 0 Å². The zero-order valence-corrected chi connectivity index (χ0v) is 30.5. The maximum Gasteiger partial charge on any atom is 0.0547 e. The highest BCUT2D eigenvalue weighted by molar-refractivity contribution is 7.27. The second-order valence-corrected chi connectivity index (χ2v) is 16.7. The van der Waals surface area contributed by atoms with Gasteiger partial charge < -0.3 is 9.55 Å². The number of aromatic amines is 1. The van der Waals surface area contributed by atoms with Crippen molar-refractivity contribution in [1.29, 1.82) is 0 Å². The van der Waals surface area contributed by atoms with Crippen LogP contribution in [0, 0.1) is 0 Å². The molecule has 1 N–H and O–H groups in total. The smallest absolute Gasteiger partial charge is 0.0547 e. The van der Waals surface area contributed by atoms with E-state index >= 15 is 0 Å². The van der Waals surface area contributed by atoms with Crippen molar-refractivity contribution in [2.24, 2.45) is 0 Å². The van der Waals surface area contributed by atoms with Crippen LogP contribution in [-0.4, -0.2) is 9.55 Å². The van der Waals surface area contributed by atoms with Gasteiger partial charge in [-0.1, -0.05) is 91.0 Å². The Bertz CT molecular complexity index is 3730. The molecule has 13 aromatic rings. The summed E-state index contributed by atoms with van der Waals surface area (Å²) in [5.41, 5.74) is 8.50. The Hall–Kier alpha value is -6.46. The van der Waals surface area contributed by atoms with Crippen LogP contribution < -0.4 is 0 Å². The zero-order chi connectivity index (χ0) is 35.1. The number of aromatic nitrogens is 2. The second kappa shape index (κ2) is 10.6.